The molecule has 1 N–H and O–H groups in total. The number of benzene rings is 1. The molecule has 3 heteroatoms. The van der Waals surface area contributed by atoms with Crippen LogP contribution in [-0.4, -0.2) is 35.6 Å². The fourth-order valence-corrected chi connectivity index (χ4v) is 3.52. The Morgan fingerprint density at radius 1 is 1.14 bits per heavy atom. The first kappa shape index (κ1) is 13.2. The number of fused-ring (bicyclic) bond motifs is 1. The Hall–Kier alpha value is -1.45. The first-order valence-electron chi connectivity index (χ1n) is 8.17. The van der Waals surface area contributed by atoms with Crippen LogP contribution in [0, 0.1) is 5.92 Å². The summed E-state index contributed by atoms with van der Waals surface area (Å²) >= 11 is 0. The SMILES string of the molecule is c1ccc2c(CNCC3CCN(C4CC4)C3)ccnc2c1. The predicted octanol–water partition coefficient (Wildman–Crippen LogP) is 2.81. The second-order valence-corrected chi connectivity index (χ2v) is 6.50. The van der Waals surface area contributed by atoms with E-state index in [0.717, 1.165) is 30.6 Å². The van der Waals surface area contributed by atoms with Crippen molar-refractivity contribution in [2.45, 2.75) is 31.8 Å². The Balaban J connectivity index is 1.34. The molecule has 4 rings (SSSR count). The number of para-hydroxylation sites is 1. The lowest BCUT2D eigenvalue weighted by Gasteiger charge is -2.15. The van der Waals surface area contributed by atoms with Gasteiger partial charge in [0, 0.05) is 30.7 Å². The van der Waals surface area contributed by atoms with E-state index in [2.05, 4.69) is 45.5 Å². The lowest BCUT2D eigenvalue weighted by atomic mass is 10.1. The van der Waals surface area contributed by atoms with E-state index in [4.69, 9.17) is 0 Å². The molecule has 2 aromatic rings. The van der Waals surface area contributed by atoms with Crippen LogP contribution in [0.2, 0.25) is 0 Å². The number of nitrogens with one attached hydrogen (secondary N) is 1. The van der Waals surface area contributed by atoms with Gasteiger partial charge in [-0.2, -0.15) is 0 Å². The van der Waals surface area contributed by atoms with E-state index < -0.39 is 0 Å². The van der Waals surface area contributed by atoms with Gasteiger partial charge < -0.3 is 10.2 Å². The van der Waals surface area contributed by atoms with Crippen LogP contribution in [0.25, 0.3) is 10.9 Å². The van der Waals surface area contributed by atoms with E-state index in [1.54, 1.807) is 0 Å². The van der Waals surface area contributed by atoms with Gasteiger partial charge in [0.05, 0.1) is 5.52 Å². The molecule has 0 radical (unpaired) electrons. The monoisotopic (exact) mass is 281 g/mol. The van der Waals surface area contributed by atoms with Gasteiger partial charge in [0.1, 0.15) is 0 Å². The standard InChI is InChI=1S/C18H23N3/c1-2-4-18-17(3-1)15(7-9-20-18)12-19-11-14-8-10-21(13-14)16-5-6-16/h1-4,7,9,14,16,19H,5-6,8,10-13H2. The Labute approximate surface area is 126 Å². The van der Waals surface area contributed by atoms with Gasteiger partial charge >= 0.3 is 0 Å². The minimum absolute atomic E-state index is 0.832. The fourth-order valence-electron chi connectivity index (χ4n) is 3.52. The lowest BCUT2D eigenvalue weighted by Crippen LogP contribution is -2.27. The highest BCUT2D eigenvalue weighted by molar-refractivity contribution is 5.81. The number of aromatic nitrogens is 1. The Bertz CT molecular complexity index is 615. The van der Waals surface area contributed by atoms with E-state index in [-0.39, 0.29) is 0 Å². The molecule has 1 aliphatic heterocycles. The summed E-state index contributed by atoms with van der Waals surface area (Å²) in [5.41, 5.74) is 2.45. The summed E-state index contributed by atoms with van der Waals surface area (Å²) in [5.74, 6) is 0.832. The number of nitrogens with zero attached hydrogens (tertiary/aromatic N) is 2. The average Bonchev–Trinajstić information content (AvgIpc) is 3.27. The second kappa shape index (κ2) is 5.74. The summed E-state index contributed by atoms with van der Waals surface area (Å²) in [6.45, 7) is 4.70. The van der Waals surface area contributed by atoms with Crippen LogP contribution in [0.3, 0.4) is 0 Å². The van der Waals surface area contributed by atoms with E-state index >= 15 is 0 Å². The predicted molar refractivity (Wildman–Crippen MR) is 86.2 cm³/mol. The molecule has 0 spiro atoms. The zero-order valence-electron chi connectivity index (χ0n) is 12.5. The number of hydrogen-bond acceptors (Lipinski definition) is 3. The van der Waals surface area contributed by atoms with E-state index in [9.17, 15) is 0 Å². The molecule has 110 valence electrons. The van der Waals surface area contributed by atoms with Crippen molar-refractivity contribution in [3.8, 4) is 0 Å². The highest BCUT2D eigenvalue weighted by Gasteiger charge is 2.33. The van der Waals surface area contributed by atoms with Gasteiger partial charge in [0.2, 0.25) is 0 Å². The van der Waals surface area contributed by atoms with Crippen LogP contribution < -0.4 is 5.32 Å². The van der Waals surface area contributed by atoms with Gasteiger partial charge in [0.25, 0.3) is 0 Å². The van der Waals surface area contributed by atoms with Crippen molar-refractivity contribution in [2.24, 2.45) is 5.92 Å². The first-order valence-corrected chi connectivity index (χ1v) is 8.17. The first-order chi connectivity index (χ1) is 10.4. The van der Waals surface area contributed by atoms with Crippen LogP contribution in [-0.2, 0) is 6.54 Å². The summed E-state index contributed by atoms with van der Waals surface area (Å²) in [4.78, 5) is 7.12. The van der Waals surface area contributed by atoms with E-state index in [0.29, 0.717) is 0 Å². The Morgan fingerprint density at radius 3 is 2.95 bits per heavy atom. The van der Waals surface area contributed by atoms with Crippen LogP contribution in [0.5, 0.6) is 0 Å². The molecule has 1 aromatic carbocycles. The third-order valence-corrected chi connectivity index (χ3v) is 4.87. The lowest BCUT2D eigenvalue weighted by molar-refractivity contribution is 0.312. The van der Waals surface area contributed by atoms with Crippen molar-refractivity contribution < 1.29 is 0 Å². The van der Waals surface area contributed by atoms with Gasteiger partial charge in [-0.3, -0.25) is 4.98 Å². The van der Waals surface area contributed by atoms with Crippen LogP contribution in [0.1, 0.15) is 24.8 Å². The smallest absolute Gasteiger partial charge is 0.0705 e. The number of rotatable bonds is 5. The molecule has 1 saturated carbocycles. The normalized spacial score (nSPS) is 23.0. The molecule has 1 saturated heterocycles. The molecular weight excluding hydrogens is 258 g/mol. The molecular formula is C18H23N3. The van der Waals surface area contributed by atoms with Gasteiger partial charge in [-0.25, -0.2) is 0 Å². The van der Waals surface area contributed by atoms with Crippen LogP contribution >= 0.6 is 0 Å². The molecule has 0 amide bonds. The van der Waals surface area contributed by atoms with Crippen molar-refractivity contribution in [1.82, 2.24) is 15.2 Å². The number of likely N-dealkylation sites (tertiary alicyclic amines) is 1. The van der Waals surface area contributed by atoms with Gasteiger partial charge in [0.15, 0.2) is 0 Å². The maximum atomic E-state index is 4.43. The van der Waals surface area contributed by atoms with Crippen LogP contribution in [0.15, 0.2) is 36.5 Å². The molecule has 3 nitrogen and oxygen atoms in total. The van der Waals surface area contributed by atoms with Crippen molar-refractivity contribution in [1.29, 1.82) is 0 Å². The van der Waals surface area contributed by atoms with Crippen molar-refractivity contribution in [2.75, 3.05) is 19.6 Å². The third-order valence-electron chi connectivity index (χ3n) is 4.87. The summed E-state index contributed by atoms with van der Waals surface area (Å²) in [6.07, 6.45) is 6.15. The molecule has 1 atom stereocenters. The largest absolute Gasteiger partial charge is 0.312 e. The quantitative estimate of drug-likeness (QED) is 0.913. The molecule has 2 fully saturated rings. The summed E-state index contributed by atoms with van der Waals surface area (Å²) in [7, 11) is 0. The second-order valence-electron chi connectivity index (χ2n) is 6.50. The summed E-state index contributed by atoms with van der Waals surface area (Å²) < 4.78 is 0. The fraction of sp³-hybridized carbons (Fsp3) is 0.500. The molecule has 0 bridgehead atoms. The van der Waals surface area contributed by atoms with E-state index in [1.165, 1.54) is 43.3 Å². The van der Waals surface area contributed by atoms with Gasteiger partial charge in [-0.1, -0.05) is 18.2 Å². The zero-order valence-corrected chi connectivity index (χ0v) is 12.5. The van der Waals surface area contributed by atoms with Gasteiger partial charge in [-0.05, 0) is 56.0 Å². The van der Waals surface area contributed by atoms with Gasteiger partial charge in [-0.15, -0.1) is 0 Å². The zero-order chi connectivity index (χ0) is 14.1. The summed E-state index contributed by atoms with van der Waals surface area (Å²) in [5, 5.41) is 4.94. The molecule has 1 unspecified atom stereocenters. The number of pyridine rings is 1. The van der Waals surface area contributed by atoms with E-state index in [1.807, 2.05) is 6.20 Å². The Morgan fingerprint density at radius 2 is 2.05 bits per heavy atom. The van der Waals surface area contributed by atoms with Crippen molar-refractivity contribution in [3.05, 3.63) is 42.1 Å². The van der Waals surface area contributed by atoms with Crippen LogP contribution in [0.4, 0.5) is 0 Å². The highest BCUT2D eigenvalue weighted by Crippen LogP contribution is 2.31. The third kappa shape index (κ3) is 2.94. The van der Waals surface area contributed by atoms with Crippen molar-refractivity contribution in [3.63, 3.8) is 0 Å². The summed E-state index contributed by atoms with van der Waals surface area (Å²) in [6, 6.07) is 11.5. The topological polar surface area (TPSA) is 28.2 Å². The van der Waals surface area contributed by atoms with Crippen molar-refractivity contribution >= 4 is 10.9 Å². The Kier molecular flexibility index (Phi) is 3.62. The molecule has 2 aliphatic rings. The molecule has 2 heterocycles. The minimum Gasteiger partial charge on any atom is -0.312 e. The number of hydrogen-bond donors (Lipinski definition) is 1. The minimum atomic E-state index is 0.832. The molecule has 1 aliphatic carbocycles. The maximum Gasteiger partial charge on any atom is 0.0705 e. The molecule has 21 heavy (non-hydrogen) atoms. The molecule has 1 aromatic heterocycles. The highest BCUT2D eigenvalue weighted by atomic mass is 15.2. The maximum absolute atomic E-state index is 4.43. The average molecular weight is 281 g/mol.